The predicted octanol–water partition coefficient (Wildman–Crippen LogP) is 2.75. The number of imidazole rings is 1. The number of rotatable bonds is 4. The van der Waals surface area contributed by atoms with Crippen LogP contribution in [-0.2, 0) is 12.8 Å². The van der Waals surface area contributed by atoms with E-state index >= 15 is 0 Å². The number of fused-ring (bicyclic) bond motifs is 1. The zero-order valence-electron chi connectivity index (χ0n) is 10.8. The van der Waals surface area contributed by atoms with Gasteiger partial charge in [-0.05, 0) is 30.7 Å². The Bertz CT molecular complexity index is 676. The van der Waals surface area contributed by atoms with Crippen LogP contribution in [0.3, 0.4) is 0 Å². The van der Waals surface area contributed by atoms with Crippen LogP contribution in [0.1, 0.15) is 11.5 Å². The molecule has 0 radical (unpaired) electrons. The Labute approximate surface area is 111 Å². The van der Waals surface area contributed by atoms with Gasteiger partial charge in [-0.1, -0.05) is 6.07 Å². The summed E-state index contributed by atoms with van der Waals surface area (Å²) in [6.07, 6.45) is 3.56. The van der Waals surface area contributed by atoms with E-state index in [0.29, 0.717) is 0 Å². The largest absolute Gasteiger partial charge is 0.497 e. The third-order valence-electron chi connectivity index (χ3n) is 3.08. The van der Waals surface area contributed by atoms with Gasteiger partial charge in [-0.3, -0.25) is 4.98 Å². The van der Waals surface area contributed by atoms with E-state index in [-0.39, 0.29) is 0 Å². The first-order chi connectivity index (χ1) is 9.35. The average Bonchev–Trinajstić information content (AvgIpc) is 2.88. The SMILES string of the molecule is COc1ccc2nc(CCc3ccccn3)[nH]c2c1. The van der Waals surface area contributed by atoms with Gasteiger partial charge in [0.25, 0.3) is 0 Å². The second-order valence-corrected chi connectivity index (χ2v) is 4.39. The standard InChI is InChI=1S/C15H15N3O/c1-19-12-6-7-13-14(10-12)18-15(17-13)8-5-11-4-2-3-9-16-11/h2-4,6-7,9-10H,5,8H2,1H3,(H,17,18). The second kappa shape index (κ2) is 5.10. The van der Waals surface area contributed by atoms with Crippen molar-refractivity contribution in [3.8, 4) is 5.75 Å². The van der Waals surface area contributed by atoms with Gasteiger partial charge < -0.3 is 9.72 Å². The van der Waals surface area contributed by atoms with Gasteiger partial charge in [0.05, 0.1) is 18.1 Å². The minimum absolute atomic E-state index is 0.840. The van der Waals surface area contributed by atoms with E-state index in [1.165, 1.54) is 0 Å². The van der Waals surface area contributed by atoms with Crippen molar-refractivity contribution >= 4 is 11.0 Å². The van der Waals surface area contributed by atoms with Gasteiger partial charge in [-0.2, -0.15) is 0 Å². The van der Waals surface area contributed by atoms with Crippen molar-refractivity contribution in [1.82, 2.24) is 15.0 Å². The Balaban J connectivity index is 1.78. The lowest BCUT2D eigenvalue weighted by Crippen LogP contribution is -1.95. The van der Waals surface area contributed by atoms with Gasteiger partial charge in [0.2, 0.25) is 0 Å². The minimum Gasteiger partial charge on any atom is -0.497 e. The number of hydrogen-bond acceptors (Lipinski definition) is 3. The fourth-order valence-corrected chi connectivity index (χ4v) is 2.08. The maximum absolute atomic E-state index is 5.20. The number of H-pyrrole nitrogens is 1. The summed E-state index contributed by atoms with van der Waals surface area (Å²) in [6, 6.07) is 11.8. The lowest BCUT2D eigenvalue weighted by Gasteiger charge is -1.97. The van der Waals surface area contributed by atoms with Crippen LogP contribution in [0.2, 0.25) is 0 Å². The lowest BCUT2D eigenvalue weighted by molar-refractivity contribution is 0.415. The maximum atomic E-state index is 5.20. The normalized spacial score (nSPS) is 10.8. The number of pyridine rings is 1. The van der Waals surface area contributed by atoms with Crippen LogP contribution in [0.15, 0.2) is 42.6 Å². The first-order valence-electron chi connectivity index (χ1n) is 6.28. The van der Waals surface area contributed by atoms with Crippen molar-refractivity contribution in [2.24, 2.45) is 0 Å². The molecule has 0 unspecified atom stereocenters. The molecule has 96 valence electrons. The molecule has 0 aliphatic carbocycles. The average molecular weight is 253 g/mol. The molecule has 0 saturated heterocycles. The smallest absolute Gasteiger partial charge is 0.121 e. The summed E-state index contributed by atoms with van der Waals surface area (Å²) in [5.74, 6) is 1.82. The van der Waals surface area contributed by atoms with Gasteiger partial charge in [0, 0.05) is 24.4 Å². The van der Waals surface area contributed by atoms with Crippen LogP contribution in [0.4, 0.5) is 0 Å². The molecule has 0 aliphatic rings. The number of nitrogens with one attached hydrogen (secondary N) is 1. The predicted molar refractivity (Wildman–Crippen MR) is 74.3 cm³/mol. The first-order valence-corrected chi connectivity index (χ1v) is 6.28. The Hall–Kier alpha value is -2.36. The molecule has 0 bridgehead atoms. The lowest BCUT2D eigenvalue weighted by atomic mass is 10.2. The third kappa shape index (κ3) is 2.57. The molecular formula is C15H15N3O. The Morgan fingerprint density at radius 3 is 2.89 bits per heavy atom. The second-order valence-electron chi connectivity index (χ2n) is 4.39. The van der Waals surface area contributed by atoms with Gasteiger partial charge in [-0.15, -0.1) is 0 Å². The zero-order chi connectivity index (χ0) is 13.1. The quantitative estimate of drug-likeness (QED) is 0.777. The van der Waals surface area contributed by atoms with Crippen molar-refractivity contribution in [2.45, 2.75) is 12.8 Å². The topological polar surface area (TPSA) is 50.8 Å². The molecule has 2 heterocycles. The number of methoxy groups -OCH3 is 1. The Morgan fingerprint density at radius 2 is 2.11 bits per heavy atom. The van der Waals surface area contributed by atoms with Crippen molar-refractivity contribution in [1.29, 1.82) is 0 Å². The van der Waals surface area contributed by atoms with E-state index in [4.69, 9.17) is 4.74 Å². The molecule has 19 heavy (non-hydrogen) atoms. The van der Waals surface area contributed by atoms with Gasteiger partial charge in [0.15, 0.2) is 0 Å². The summed E-state index contributed by atoms with van der Waals surface area (Å²) in [6.45, 7) is 0. The van der Waals surface area contributed by atoms with Gasteiger partial charge >= 0.3 is 0 Å². The molecule has 3 rings (SSSR count). The summed E-state index contributed by atoms with van der Waals surface area (Å²) < 4.78 is 5.20. The number of nitrogens with zero attached hydrogens (tertiary/aromatic N) is 2. The van der Waals surface area contributed by atoms with Gasteiger partial charge in [-0.25, -0.2) is 4.98 Å². The van der Waals surface area contributed by atoms with Crippen molar-refractivity contribution in [3.05, 3.63) is 54.1 Å². The number of aryl methyl sites for hydroxylation is 2. The highest BCUT2D eigenvalue weighted by Crippen LogP contribution is 2.19. The van der Waals surface area contributed by atoms with Crippen LogP contribution in [-0.4, -0.2) is 22.1 Å². The van der Waals surface area contributed by atoms with E-state index in [1.807, 2.05) is 42.6 Å². The molecule has 0 saturated carbocycles. The van der Waals surface area contributed by atoms with Crippen molar-refractivity contribution < 1.29 is 4.74 Å². The highest BCUT2D eigenvalue weighted by Gasteiger charge is 2.04. The van der Waals surface area contributed by atoms with Crippen LogP contribution in [0.25, 0.3) is 11.0 Å². The highest BCUT2D eigenvalue weighted by molar-refractivity contribution is 5.76. The third-order valence-corrected chi connectivity index (χ3v) is 3.08. The molecule has 1 N–H and O–H groups in total. The number of hydrogen-bond donors (Lipinski definition) is 1. The number of ether oxygens (including phenoxy) is 1. The van der Waals surface area contributed by atoms with E-state index in [1.54, 1.807) is 7.11 Å². The summed E-state index contributed by atoms with van der Waals surface area (Å²) in [5.41, 5.74) is 3.06. The fraction of sp³-hybridized carbons (Fsp3) is 0.200. The summed E-state index contributed by atoms with van der Waals surface area (Å²) >= 11 is 0. The Kier molecular flexibility index (Phi) is 3.14. The molecule has 0 fully saturated rings. The molecule has 0 atom stereocenters. The highest BCUT2D eigenvalue weighted by atomic mass is 16.5. The molecule has 1 aromatic carbocycles. The van der Waals surface area contributed by atoms with E-state index in [9.17, 15) is 0 Å². The van der Waals surface area contributed by atoms with Crippen LogP contribution < -0.4 is 4.74 Å². The van der Waals surface area contributed by atoms with E-state index < -0.39 is 0 Å². The van der Waals surface area contributed by atoms with Gasteiger partial charge in [0.1, 0.15) is 11.6 Å². The molecule has 2 aromatic heterocycles. The Morgan fingerprint density at radius 1 is 1.16 bits per heavy atom. The summed E-state index contributed by atoms with van der Waals surface area (Å²) in [7, 11) is 1.67. The number of aromatic amines is 1. The van der Waals surface area contributed by atoms with Crippen LogP contribution in [0, 0.1) is 0 Å². The molecule has 4 nitrogen and oxygen atoms in total. The number of benzene rings is 1. The molecule has 4 heteroatoms. The fourth-order valence-electron chi connectivity index (χ4n) is 2.08. The summed E-state index contributed by atoms with van der Waals surface area (Å²) in [5, 5.41) is 0. The molecule has 0 amide bonds. The van der Waals surface area contributed by atoms with Crippen LogP contribution >= 0.6 is 0 Å². The monoisotopic (exact) mass is 253 g/mol. The molecule has 3 aromatic rings. The molecular weight excluding hydrogens is 238 g/mol. The number of aromatic nitrogens is 3. The maximum Gasteiger partial charge on any atom is 0.121 e. The summed E-state index contributed by atoms with van der Waals surface area (Å²) in [4.78, 5) is 12.2. The van der Waals surface area contributed by atoms with Crippen molar-refractivity contribution in [3.63, 3.8) is 0 Å². The molecule has 0 aliphatic heterocycles. The minimum atomic E-state index is 0.840. The first kappa shape index (κ1) is 11.7. The van der Waals surface area contributed by atoms with Crippen molar-refractivity contribution in [2.75, 3.05) is 7.11 Å². The zero-order valence-corrected chi connectivity index (χ0v) is 10.8. The van der Waals surface area contributed by atoms with E-state index in [2.05, 4.69) is 15.0 Å². The van der Waals surface area contributed by atoms with Crippen LogP contribution in [0.5, 0.6) is 5.75 Å². The van der Waals surface area contributed by atoms with E-state index in [0.717, 1.165) is 41.1 Å². The molecule has 0 spiro atoms.